The van der Waals surface area contributed by atoms with E-state index in [0.717, 1.165) is 22.5 Å². The minimum atomic E-state index is 0.362. The van der Waals surface area contributed by atoms with E-state index in [0.29, 0.717) is 18.4 Å². The van der Waals surface area contributed by atoms with Gasteiger partial charge in [-0.2, -0.15) is 4.98 Å². The molecule has 3 heterocycles. The second-order valence-corrected chi connectivity index (χ2v) is 4.78. The Bertz CT molecular complexity index is 664. The zero-order chi connectivity index (χ0) is 13.1. The van der Waals surface area contributed by atoms with Gasteiger partial charge in [-0.15, -0.1) is 11.3 Å². The number of rotatable bonds is 5. The third kappa shape index (κ3) is 2.53. The van der Waals surface area contributed by atoms with Crippen LogP contribution in [0.3, 0.4) is 0 Å². The average molecular weight is 275 g/mol. The number of hydrogen-bond donors (Lipinski definition) is 1. The maximum atomic E-state index is 5.73. The van der Waals surface area contributed by atoms with Crippen LogP contribution in [0.25, 0.3) is 10.2 Å². The molecular formula is C13H13N3O2S. The summed E-state index contributed by atoms with van der Waals surface area (Å²) in [6.07, 6.45) is 1.63. The summed E-state index contributed by atoms with van der Waals surface area (Å²) in [5, 5.41) is 6.01. The molecule has 0 bridgehead atoms. The van der Waals surface area contributed by atoms with E-state index in [2.05, 4.69) is 15.3 Å². The lowest BCUT2D eigenvalue weighted by Crippen LogP contribution is -2.04. The first-order valence-electron chi connectivity index (χ1n) is 6.01. The standard InChI is InChI=1S/C13H13N3O2S/c1-2-14-13-15-11(10-5-7-19-12(10)16-13)18-8-9-4-3-6-17-9/h3-7H,2,8H2,1H3,(H,14,15,16). The zero-order valence-corrected chi connectivity index (χ0v) is 11.2. The van der Waals surface area contributed by atoms with Crippen molar-refractivity contribution in [2.75, 3.05) is 11.9 Å². The molecule has 0 amide bonds. The lowest BCUT2D eigenvalue weighted by Gasteiger charge is -2.07. The maximum absolute atomic E-state index is 5.73. The molecule has 0 saturated heterocycles. The molecule has 3 aromatic rings. The first kappa shape index (κ1) is 12.0. The fourth-order valence-electron chi connectivity index (χ4n) is 1.71. The molecule has 0 spiro atoms. The number of ether oxygens (including phenoxy) is 1. The molecule has 1 N–H and O–H groups in total. The van der Waals surface area contributed by atoms with Gasteiger partial charge in [-0.25, -0.2) is 4.98 Å². The summed E-state index contributed by atoms with van der Waals surface area (Å²) in [7, 11) is 0. The summed E-state index contributed by atoms with van der Waals surface area (Å²) in [4.78, 5) is 9.72. The minimum absolute atomic E-state index is 0.362. The van der Waals surface area contributed by atoms with Crippen LogP contribution in [0.5, 0.6) is 5.88 Å². The topological polar surface area (TPSA) is 60.2 Å². The zero-order valence-electron chi connectivity index (χ0n) is 10.4. The quantitative estimate of drug-likeness (QED) is 0.774. The van der Waals surface area contributed by atoms with Gasteiger partial charge < -0.3 is 14.5 Å². The van der Waals surface area contributed by atoms with E-state index >= 15 is 0 Å². The van der Waals surface area contributed by atoms with Gasteiger partial charge in [-0.05, 0) is 30.5 Å². The van der Waals surface area contributed by atoms with E-state index in [1.165, 1.54) is 0 Å². The molecule has 3 aromatic heterocycles. The van der Waals surface area contributed by atoms with E-state index in [9.17, 15) is 0 Å². The molecule has 0 aliphatic rings. The smallest absolute Gasteiger partial charge is 0.227 e. The van der Waals surface area contributed by atoms with Crippen LogP contribution in [0.15, 0.2) is 34.3 Å². The highest BCUT2D eigenvalue weighted by molar-refractivity contribution is 7.16. The van der Waals surface area contributed by atoms with Gasteiger partial charge in [0.25, 0.3) is 0 Å². The van der Waals surface area contributed by atoms with Crippen molar-refractivity contribution >= 4 is 27.5 Å². The van der Waals surface area contributed by atoms with Crippen LogP contribution in [-0.4, -0.2) is 16.5 Å². The van der Waals surface area contributed by atoms with Crippen LogP contribution in [0.2, 0.25) is 0 Å². The second kappa shape index (κ2) is 5.27. The van der Waals surface area contributed by atoms with Gasteiger partial charge in [-0.1, -0.05) is 0 Å². The van der Waals surface area contributed by atoms with E-state index in [-0.39, 0.29) is 0 Å². The van der Waals surface area contributed by atoms with Crippen molar-refractivity contribution in [1.82, 2.24) is 9.97 Å². The Labute approximate surface area is 114 Å². The van der Waals surface area contributed by atoms with Crippen molar-refractivity contribution in [3.05, 3.63) is 35.6 Å². The van der Waals surface area contributed by atoms with Gasteiger partial charge in [0.05, 0.1) is 11.6 Å². The molecular weight excluding hydrogens is 262 g/mol. The Morgan fingerprint density at radius 1 is 1.37 bits per heavy atom. The highest BCUT2D eigenvalue weighted by Gasteiger charge is 2.10. The van der Waals surface area contributed by atoms with Gasteiger partial charge in [0.15, 0.2) is 0 Å². The van der Waals surface area contributed by atoms with Gasteiger partial charge in [-0.3, -0.25) is 0 Å². The second-order valence-electron chi connectivity index (χ2n) is 3.89. The number of nitrogens with one attached hydrogen (secondary N) is 1. The average Bonchev–Trinajstić information content (AvgIpc) is 3.07. The van der Waals surface area contributed by atoms with Crippen molar-refractivity contribution in [2.24, 2.45) is 0 Å². The molecule has 5 nitrogen and oxygen atoms in total. The van der Waals surface area contributed by atoms with Crippen molar-refractivity contribution in [1.29, 1.82) is 0 Å². The van der Waals surface area contributed by atoms with Crippen molar-refractivity contribution < 1.29 is 9.15 Å². The first-order chi connectivity index (χ1) is 9.36. The monoisotopic (exact) mass is 275 g/mol. The van der Waals surface area contributed by atoms with Crippen LogP contribution in [0.1, 0.15) is 12.7 Å². The number of fused-ring (bicyclic) bond motifs is 1. The summed E-state index contributed by atoms with van der Waals surface area (Å²) >= 11 is 1.57. The number of nitrogens with zero attached hydrogens (tertiary/aromatic N) is 2. The van der Waals surface area contributed by atoms with Crippen molar-refractivity contribution in [3.63, 3.8) is 0 Å². The number of furan rings is 1. The lowest BCUT2D eigenvalue weighted by atomic mass is 10.4. The normalized spacial score (nSPS) is 10.8. The van der Waals surface area contributed by atoms with Crippen molar-refractivity contribution in [3.8, 4) is 5.88 Å². The summed E-state index contributed by atoms with van der Waals surface area (Å²) in [5.41, 5.74) is 0. The molecule has 98 valence electrons. The molecule has 6 heteroatoms. The highest BCUT2D eigenvalue weighted by Crippen LogP contribution is 2.28. The molecule has 3 rings (SSSR count). The van der Waals surface area contributed by atoms with Gasteiger partial charge in [0.2, 0.25) is 11.8 Å². The summed E-state index contributed by atoms with van der Waals surface area (Å²) in [6.45, 7) is 3.14. The number of aromatic nitrogens is 2. The Balaban J connectivity index is 1.89. The molecule has 0 unspecified atom stereocenters. The Morgan fingerprint density at radius 3 is 3.11 bits per heavy atom. The molecule has 0 atom stereocenters. The molecule has 0 fully saturated rings. The Kier molecular flexibility index (Phi) is 3.33. The number of hydrogen-bond acceptors (Lipinski definition) is 6. The van der Waals surface area contributed by atoms with E-state index in [4.69, 9.17) is 9.15 Å². The van der Waals surface area contributed by atoms with Gasteiger partial charge >= 0.3 is 0 Å². The predicted molar refractivity (Wildman–Crippen MR) is 74.6 cm³/mol. The fraction of sp³-hybridized carbons (Fsp3) is 0.231. The number of anilines is 1. The maximum Gasteiger partial charge on any atom is 0.227 e. The Hall–Kier alpha value is -2.08. The van der Waals surface area contributed by atoms with Crippen LogP contribution >= 0.6 is 11.3 Å². The summed E-state index contributed by atoms with van der Waals surface area (Å²) < 4.78 is 11.0. The molecule has 19 heavy (non-hydrogen) atoms. The van der Waals surface area contributed by atoms with Crippen LogP contribution < -0.4 is 10.1 Å². The predicted octanol–water partition coefficient (Wildman–Crippen LogP) is 3.30. The SMILES string of the molecule is CCNc1nc(OCc2ccco2)c2ccsc2n1. The lowest BCUT2D eigenvalue weighted by molar-refractivity contribution is 0.264. The third-order valence-corrected chi connectivity index (χ3v) is 3.36. The van der Waals surface area contributed by atoms with E-state index < -0.39 is 0 Å². The van der Waals surface area contributed by atoms with Crippen LogP contribution in [-0.2, 0) is 6.61 Å². The minimum Gasteiger partial charge on any atom is -0.469 e. The number of thiophene rings is 1. The summed E-state index contributed by atoms with van der Waals surface area (Å²) in [6, 6.07) is 5.67. The summed E-state index contributed by atoms with van der Waals surface area (Å²) in [5.74, 6) is 1.94. The largest absolute Gasteiger partial charge is 0.469 e. The molecule has 0 aromatic carbocycles. The van der Waals surface area contributed by atoms with Gasteiger partial charge in [0.1, 0.15) is 17.2 Å². The van der Waals surface area contributed by atoms with Crippen LogP contribution in [0, 0.1) is 0 Å². The molecule has 0 aliphatic carbocycles. The van der Waals surface area contributed by atoms with Crippen molar-refractivity contribution in [2.45, 2.75) is 13.5 Å². The molecule has 0 radical (unpaired) electrons. The molecule has 0 saturated carbocycles. The van der Waals surface area contributed by atoms with Gasteiger partial charge in [0, 0.05) is 6.54 Å². The Morgan fingerprint density at radius 2 is 2.32 bits per heavy atom. The van der Waals surface area contributed by atoms with E-state index in [1.807, 2.05) is 30.5 Å². The van der Waals surface area contributed by atoms with Crippen LogP contribution in [0.4, 0.5) is 5.95 Å². The first-order valence-corrected chi connectivity index (χ1v) is 6.89. The fourth-order valence-corrected chi connectivity index (χ4v) is 2.46. The highest BCUT2D eigenvalue weighted by atomic mass is 32.1. The molecule has 0 aliphatic heterocycles. The van der Waals surface area contributed by atoms with E-state index in [1.54, 1.807) is 17.6 Å². The third-order valence-electron chi connectivity index (χ3n) is 2.56.